The van der Waals surface area contributed by atoms with E-state index in [0.29, 0.717) is 12.6 Å². The largest absolute Gasteiger partial charge is 0.376 e. The van der Waals surface area contributed by atoms with E-state index >= 15 is 0 Å². The average molecular weight is 394 g/mol. The average Bonchev–Trinajstić information content (AvgIpc) is 3.10. The number of anilines is 2. The lowest BCUT2D eigenvalue weighted by Crippen LogP contribution is -2.59. The Kier molecular flexibility index (Phi) is 4.16. The van der Waals surface area contributed by atoms with Crippen LogP contribution >= 0.6 is 0 Å². The molecule has 5 heterocycles. The van der Waals surface area contributed by atoms with Crippen molar-refractivity contribution in [3.8, 4) is 0 Å². The summed E-state index contributed by atoms with van der Waals surface area (Å²) < 4.78 is 7.50. The van der Waals surface area contributed by atoms with Gasteiger partial charge in [0.05, 0.1) is 24.9 Å². The van der Waals surface area contributed by atoms with Gasteiger partial charge in [0, 0.05) is 37.5 Å². The highest BCUT2D eigenvalue weighted by atomic mass is 16.5. The molecule has 0 bridgehead atoms. The summed E-state index contributed by atoms with van der Waals surface area (Å²) in [5.41, 5.74) is 2.90. The highest BCUT2D eigenvalue weighted by molar-refractivity contribution is 5.54. The molecular formula is C20H26N8O. The van der Waals surface area contributed by atoms with Gasteiger partial charge in [0.15, 0.2) is 11.5 Å². The van der Waals surface area contributed by atoms with Crippen LogP contribution in [0.3, 0.4) is 0 Å². The minimum Gasteiger partial charge on any atom is -0.376 e. The number of hydrogen-bond acceptors (Lipinski definition) is 8. The molecule has 5 rings (SSSR count). The fourth-order valence-corrected chi connectivity index (χ4v) is 3.92. The normalized spacial score (nSPS) is 17.3. The van der Waals surface area contributed by atoms with Gasteiger partial charge >= 0.3 is 0 Å². The number of hydrogen-bond donors (Lipinski definition) is 0. The van der Waals surface area contributed by atoms with E-state index in [9.17, 15) is 0 Å². The van der Waals surface area contributed by atoms with Crippen molar-refractivity contribution < 1.29 is 4.74 Å². The van der Waals surface area contributed by atoms with Crippen molar-refractivity contribution >= 4 is 17.3 Å². The number of ether oxygens (including phenoxy) is 1. The Balaban J connectivity index is 1.35. The van der Waals surface area contributed by atoms with Crippen LogP contribution in [-0.2, 0) is 23.2 Å². The van der Waals surface area contributed by atoms with Crippen LogP contribution in [0.2, 0.25) is 0 Å². The maximum absolute atomic E-state index is 5.64. The zero-order chi connectivity index (χ0) is 20.2. The first-order valence-electron chi connectivity index (χ1n) is 10.0. The van der Waals surface area contributed by atoms with Crippen LogP contribution < -0.4 is 9.80 Å². The van der Waals surface area contributed by atoms with Gasteiger partial charge in [-0.15, -0.1) is 15.3 Å². The van der Waals surface area contributed by atoms with Gasteiger partial charge in [-0.05, 0) is 12.1 Å². The number of fused-ring (bicyclic) bond motifs is 2. The molecular weight excluding hydrogens is 368 g/mol. The molecule has 0 atom stereocenters. The summed E-state index contributed by atoms with van der Waals surface area (Å²) >= 11 is 0. The summed E-state index contributed by atoms with van der Waals surface area (Å²) in [6, 6.07) is 4.38. The highest BCUT2D eigenvalue weighted by Crippen LogP contribution is 2.29. The van der Waals surface area contributed by atoms with Crippen molar-refractivity contribution in [1.82, 2.24) is 29.8 Å². The maximum atomic E-state index is 5.64. The Morgan fingerprint density at radius 1 is 1.14 bits per heavy atom. The van der Waals surface area contributed by atoms with Crippen LogP contribution in [-0.4, -0.2) is 62.6 Å². The zero-order valence-electron chi connectivity index (χ0n) is 17.3. The van der Waals surface area contributed by atoms with E-state index in [-0.39, 0.29) is 5.41 Å². The standard InChI is InChI=1S/C20H26N8O/c1-20(2,3)19-24-23-16-5-6-17(25-28(16)19)27-9-13(10-27)26(4)18-14-11-29-8-7-15(14)21-12-22-18/h5-6,12-13H,7-11H2,1-4H3. The molecule has 0 radical (unpaired) electrons. The third-order valence-corrected chi connectivity index (χ3v) is 5.73. The molecule has 9 nitrogen and oxygen atoms in total. The molecule has 3 aromatic heterocycles. The van der Waals surface area contributed by atoms with Gasteiger partial charge in [-0.1, -0.05) is 20.8 Å². The fraction of sp³-hybridized carbons (Fsp3) is 0.550. The Labute approximate surface area is 169 Å². The molecule has 2 aliphatic rings. The van der Waals surface area contributed by atoms with E-state index in [2.05, 4.69) is 57.8 Å². The zero-order valence-corrected chi connectivity index (χ0v) is 17.3. The van der Waals surface area contributed by atoms with Crippen LogP contribution in [0.15, 0.2) is 18.5 Å². The summed E-state index contributed by atoms with van der Waals surface area (Å²) in [5, 5.41) is 13.4. The quantitative estimate of drug-likeness (QED) is 0.662. The topological polar surface area (TPSA) is 84.6 Å². The first kappa shape index (κ1) is 18.2. The van der Waals surface area contributed by atoms with Crippen LogP contribution in [0, 0.1) is 0 Å². The smallest absolute Gasteiger partial charge is 0.178 e. The molecule has 2 aliphatic heterocycles. The molecule has 0 aromatic carbocycles. The minimum absolute atomic E-state index is 0.114. The second-order valence-corrected chi connectivity index (χ2v) is 8.83. The summed E-state index contributed by atoms with van der Waals surface area (Å²) in [5.74, 6) is 2.80. The van der Waals surface area contributed by atoms with E-state index in [0.717, 1.165) is 60.5 Å². The van der Waals surface area contributed by atoms with Crippen LogP contribution in [0.5, 0.6) is 0 Å². The lowest BCUT2D eigenvalue weighted by atomic mass is 9.96. The maximum Gasteiger partial charge on any atom is 0.178 e. The molecule has 0 saturated carbocycles. The predicted molar refractivity (Wildman–Crippen MR) is 109 cm³/mol. The second-order valence-electron chi connectivity index (χ2n) is 8.83. The molecule has 3 aromatic rings. The third kappa shape index (κ3) is 3.09. The molecule has 0 N–H and O–H groups in total. The predicted octanol–water partition coefficient (Wildman–Crippen LogP) is 1.61. The van der Waals surface area contributed by atoms with Gasteiger partial charge < -0.3 is 14.5 Å². The minimum atomic E-state index is -0.114. The fourth-order valence-electron chi connectivity index (χ4n) is 3.92. The Hall–Kier alpha value is -2.81. The molecule has 9 heteroatoms. The van der Waals surface area contributed by atoms with Crippen molar-refractivity contribution in [3.05, 3.63) is 35.5 Å². The van der Waals surface area contributed by atoms with Crippen molar-refractivity contribution in [2.24, 2.45) is 0 Å². The molecule has 0 unspecified atom stereocenters. The Morgan fingerprint density at radius 3 is 2.76 bits per heavy atom. The van der Waals surface area contributed by atoms with Crippen LogP contribution in [0.4, 0.5) is 11.6 Å². The van der Waals surface area contributed by atoms with E-state index in [4.69, 9.17) is 9.84 Å². The summed E-state index contributed by atoms with van der Waals surface area (Å²) in [4.78, 5) is 13.5. The van der Waals surface area contributed by atoms with E-state index in [1.165, 1.54) is 0 Å². The van der Waals surface area contributed by atoms with E-state index in [1.807, 2.05) is 16.6 Å². The first-order valence-corrected chi connectivity index (χ1v) is 10.0. The van der Waals surface area contributed by atoms with Gasteiger partial charge in [-0.25, -0.2) is 9.97 Å². The van der Waals surface area contributed by atoms with Crippen molar-refractivity contribution in [3.63, 3.8) is 0 Å². The summed E-state index contributed by atoms with van der Waals surface area (Å²) in [7, 11) is 2.10. The second kappa shape index (κ2) is 6.62. The van der Waals surface area contributed by atoms with E-state index < -0.39 is 0 Å². The number of rotatable bonds is 3. The van der Waals surface area contributed by atoms with Gasteiger partial charge in [0.25, 0.3) is 0 Å². The Morgan fingerprint density at radius 2 is 1.97 bits per heavy atom. The van der Waals surface area contributed by atoms with Crippen molar-refractivity contribution in [2.75, 3.05) is 36.5 Å². The van der Waals surface area contributed by atoms with Gasteiger partial charge in [0.2, 0.25) is 0 Å². The molecule has 1 saturated heterocycles. The summed E-state index contributed by atoms with van der Waals surface area (Å²) in [6.07, 6.45) is 2.52. The number of nitrogens with zero attached hydrogens (tertiary/aromatic N) is 8. The highest BCUT2D eigenvalue weighted by Gasteiger charge is 2.34. The lowest BCUT2D eigenvalue weighted by Gasteiger charge is -2.45. The van der Waals surface area contributed by atoms with Gasteiger partial charge in [0.1, 0.15) is 18.0 Å². The van der Waals surface area contributed by atoms with Crippen LogP contribution in [0.25, 0.3) is 5.65 Å². The molecule has 152 valence electrons. The molecule has 29 heavy (non-hydrogen) atoms. The van der Waals surface area contributed by atoms with Gasteiger partial charge in [-0.3, -0.25) is 0 Å². The monoisotopic (exact) mass is 394 g/mol. The molecule has 0 spiro atoms. The molecule has 1 fully saturated rings. The van der Waals surface area contributed by atoms with Gasteiger partial charge in [-0.2, -0.15) is 4.52 Å². The molecule has 0 amide bonds. The number of aromatic nitrogens is 6. The molecule has 0 aliphatic carbocycles. The number of likely N-dealkylation sites (N-methyl/N-ethyl adjacent to an activating group) is 1. The SMILES string of the molecule is CN(c1ncnc2c1COCC2)C1CN(c2ccc3nnc(C(C)(C)C)n3n2)C1. The third-order valence-electron chi connectivity index (χ3n) is 5.73. The Bertz CT molecular complexity index is 1050. The van der Waals surface area contributed by atoms with Crippen molar-refractivity contribution in [1.29, 1.82) is 0 Å². The van der Waals surface area contributed by atoms with Crippen molar-refractivity contribution in [2.45, 2.75) is 45.3 Å². The van der Waals surface area contributed by atoms with Crippen LogP contribution in [0.1, 0.15) is 37.9 Å². The summed E-state index contributed by atoms with van der Waals surface area (Å²) in [6.45, 7) is 9.48. The lowest BCUT2D eigenvalue weighted by molar-refractivity contribution is 0.109. The van der Waals surface area contributed by atoms with E-state index in [1.54, 1.807) is 6.33 Å². The first-order chi connectivity index (χ1) is 13.9.